The molecule has 0 atom stereocenters. The zero-order chi connectivity index (χ0) is 17.2. The zero-order valence-corrected chi connectivity index (χ0v) is 13.8. The van der Waals surface area contributed by atoms with Crippen molar-refractivity contribution in [2.45, 2.75) is 6.92 Å². The molecule has 124 valence electrons. The van der Waals surface area contributed by atoms with E-state index >= 15 is 0 Å². The minimum absolute atomic E-state index is 0.0529. The minimum atomic E-state index is -0.698. The van der Waals surface area contributed by atoms with Gasteiger partial charge in [-0.3, -0.25) is 24.5 Å². The van der Waals surface area contributed by atoms with E-state index < -0.39 is 24.4 Å². The average Bonchev–Trinajstić information content (AvgIpc) is 2.47. The van der Waals surface area contributed by atoms with E-state index in [1.807, 2.05) is 5.32 Å². The number of carbonyl (C=O) groups is 4. The van der Waals surface area contributed by atoms with E-state index in [9.17, 15) is 19.2 Å². The van der Waals surface area contributed by atoms with E-state index in [2.05, 4.69) is 10.1 Å². The van der Waals surface area contributed by atoms with Crippen LogP contribution in [0.3, 0.4) is 0 Å². The van der Waals surface area contributed by atoms with E-state index in [1.165, 1.54) is 6.92 Å². The lowest BCUT2D eigenvalue weighted by molar-refractivity contribution is -0.147. The highest BCUT2D eigenvalue weighted by molar-refractivity contribution is 8.00. The maximum absolute atomic E-state index is 11.6. The van der Waals surface area contributed by atoms with Gasteiger partial charge in [0.25, 0.3) is 5.91 Å². The molecule has 3 amide bonds. The molecule has 1 rings (SSSR count). The second kappa shape index (κ2) is 9.86. The number of carbonyl (C=O) groups excluding carboxylic acids is 4. The molecule has 0 aromatic heterocycles. The summed E-state index contributed by atoms with van der Waals surface area (Å²) in [6.45, 7) is 0.644. The lowest BCUT2D eigenvalue weighted by Crippen LogP contribution is -2.32. The number of hydrogen-bond acceptors (Lipinski definition) is 6. The molecule has 0 aliphatic carbocycles. The van der Waals surface area contributed by atoms with Gasteiger partial charge in [0.1, 0.15) is 0 Å². The highest BCUT2D eigenvalue weighted by Crippen LogP contribution is 2.13. The summed E-state index contributed by atoms with van der Waals surface area (Å²) in [6, 6.07) is 6.61. The molecule has 0 bridgehead atoms. The molecule has 1 aromatic carbocycles. The first-order valence-corrected chi connectivity index (χ1v) is 7.99. The fourth-order valence-electron chi connectivity index (χ4n) is 1.38. The van der Waals surface area contributed by atoms with E-state index in [1.54, 1.807) is 24.3 Å². The number of ether oxygens (including phenoxy) is 1. The Morgan fingerprint density at radius 1 is 1.09 bits per heavy atom. The zero-order valence-electron chi connectivity index (χ0n) is 12.3. The molecule has 0 aliphatic rings. The van der Waals surface area contributed by atoms with Gasteiger partial charge in [0, 0.05) is 17.6 Å². The summed E-state index contributed by atoms with van der Waals surface area (Å²) in [6.07, 6.45) is 0. The highest BCUT2D eigenvalue weighted by atomic mass is 35.5. The van der Waals surface area contributed by atoms with Crippen molar-refractivity contribution in [3.05, 3.63) is 29.3 Å². The molecule has 0 aliphatic heterocycles. The molecule has 23 heavy (non-hydrogen) atoms. The van der Waals surface area contributed by atoms with Crippen molar-refractivity contribution in [3.63, 3.8) is 0 Å². The number of imide groups is 1. The van der Waals surface area contributed by atoms with E-state index in [-0.39, 0.29) is 17.4 Å². The molecular weight excluding hydrogens is 344 g/mol. The number of hydrogen-bond donors (Lipinski definition) is 2. The van der Waals surface area contributed by atoms with Gasteiger partial charge in [-0.25, -0.2) is 0 Å². The van der Waals surface area contributed by atoms with Gasteiger partial charge in [-0.1, -0.05) is 11.6 Å². The second-order valence-corrected chi connectivity index (χ2v) is 5.73. The van der Waals surface area contributed by atoms with Crippen LogP contribution in [-0.2, 0) is 23.9 Å². The number of nitrogens with one attached hydrogen (secondary N) is 2. The largest absolute Gasteiger partial charge is 0.455 e. The van der Waals surface area contributed by atoms with Gasteiger partial charge in [-0.15, -0.1) is 11.8 Å². The first-order chi connectivity index (χ1) is 10.9. The molecule has 7 nitrogen and oxygen atoms in total. The van der Waals surface area contributed by atoms with Gasteiger partial charge in [-0.2, -0.15) is 0 Å². The van der Waals surface area contributed by atoms with Crippen molar-refractivity contribution in [2.24, 2.45) is 0 Å². The Labute approximate surface area is 142 Å². The Hall–Kier alpha value is -2.06. The van der Waals surface area contributed by atoms with Crippen LogP contribution in [0.25, 0.3) is 0 Å². The fourth-order valence-corrected chi connectivity index (χ4v) is 2.11. The van der Waals surface area contributed by atoms with Crippen LogP contribution < -0.4 is 10.6 Å². The lowest BCUT2D eigenvalue weighted by Gasteiger charge is -2.06. The maximum Gasteiger partial charge on any atom is 0.316 e. The van der Waals surface area contributed by atoms with Crippen LogP contribution in [0.2, 0.25) is 5.02 Å². The van der Waals surface area contributed by atoms with Crippen molar-refractivity contribution in [3.8, 4) is 0 Å². The molecular formula is C14H15ClN2O5S. The monoisotopic (exact) mass is 358 g/mol. The number of esters is 1. The van der Waals surface area contributed by atoms with Crippen LogP contribution in [0.1, 0.15) is 6.92 Å². The van der Waals surface area contributed by atoms with Gasteiger partial charge in [0.15, 0.2) is 6.61 Å². The lowest BCUT2D eigenvalue weighted by atomic mass is 10.3. The van der Waals surface area contributed by atoms with Crippen LogP contribution in [-0.4, -0.2) is 41.8 Å². The summed E-state index contributed by atoms with van der Waals surface area (Å²) in [5.74, 6) is -2.18. The third-order valence-electron chi connectivity index (χ3n) is 2.26. The summed E-state index contributed by atoms with van der Waals surface area (Å²) >= 11 is 6.78. The molecule has 0 radical (unpaired) electrons. The summed E-state index contributed by atoms with van der Waals surface area (Å²) in [4.78, 5) is 44.7. The normalized spacial score (nSPS) is 9.83. The molecule has 0 saturated heterocycles. The van der Waals surface area contributed by atoms with Gasteiger partial charge in [0.2, 0.25) is 11.8 Å². The van der Waals surface area contributed by atoms with Gasteiger partial charge < -0.3 is 10.1 Å². The summed E-state index contributed by atoms with van der Waals surface area (Å²) < 4.78 is 4.65. The first kappa shape index (κ1) is 19.0. The van der Waals surface area contributed by atoms with Crippen molar-refractivity contribution in [1.82, 2.24) is 5.32 Å². The second-order valence-electron chi connectivity index (χ2n) is 4.31. The standard InChI is InChI=1S/C14H15ClN2O5S/c1-9(18)16-12(19)6-22-14(21)8-23-7-13(20)17-11-4-2-10(15)3-5-11/h2-5H,6-8H2,1H3,(H,17,20)(H,16,18,19). The number of anilines is 1. The van der Waals surface area contributed by atoms with Crippen LogP contribution in [0.15, 0.2) is 24.3 Å². The number of amides is 3. The highest BCUT2D eigenvalue weighted by Gasteiger charge is 2.10. The number of thioether (sulfide) groups is 1. The predicted molar refractivity (Wildman–Crippen MR) is 87.2 cm³/mol. The number of rotatable bonds is 7. The number of benzene rings is 1. The Morgan fingerprint density at radius 3 is 2.35 bits per heavy atom. The van der Waals surface area contributed by atoms with Crippen LogP contribution in [0.4, 0.5) is 5.69 Å². The Morgan fingerprint density at radius 2 is 1.74 bits per heavy atom. The Bertz CT molecular complexity index is 591. The van der Waals surface area contributed by atoms with Crippen molar-refractivity contribution >= 4 is 52.7 Å². The van der Waals surface area contributed by atoms with Crippen LogP contribution >= 0.6 is 23.4 Å². The summed E-state index contributed by atoms with van der Waals surface area (Å²) in [5, 5.41) is 5.17. The van der Waals surface area contributed by atoms with E-state index in [0.717, 1.165) is 11.8 Å². The van der Waals surface area contributed by atoms with Crippen LogP contribution in [0.5, 0.6) is 0 Å². The number of halogens is 1. The molecule has 0 saturated carbocycles. The van der Waals surface area contributed by atoms with E-state index in [0.29, 0.717) is 10.7 Å². The molecule has 0 unspecified atom stereocenters. The fraction of sp³-hybridized carbons (Fsp3) is 0.286. The quantitative estimate of drug-likeness (QED) is 0.710. The van der Waals surface area contributed by atoms with Crippen LogP contribution in [0, 0.1) is 0 Å². The molecule has 9 heteroatoms. The maximum atomic E-state index is 11.6. The third kappa shape index (κ3) is 8.84. The summed E-state index contributed by atoms with van der Waals surface area (Å²) in [5.41, 5.74) is 0.600. The summed E-state index contributed by atoms with van der Waals surface area (Å²) in [7, 11) is 0. The van der Waals surface area contributed by atoms with Gasteiger partial charge >= 0.3 is 5.97 Å². The molecule has 0 heterocycles. The van der Waals surface area contributed by atoms with Crippen molar-refractivity contribution in [2.75, 3.05) is 23.4 Å². The molecule has 0 fully saturated rings. The minimum Gasteiger partial charge on any atom is -0.455 e. The Balaban J connectivity index is 2.19. The smallest absolute Gasteiger partial charge is 0.316 e. The topological polar surface area (TPSA) is 102 Å². The molecule has 0 spiro atoms. The molecule has 2 N–H and O–H groups in total. The predicted octanol–water partition coefficient (Wildman–Crippen LogP) is 1.22. The van der Waals surface area contributed by atoms with Crippen molar-refractivity contribution < 1.29 is 23.9 Å². The van der Waals surface area contributed by atoms with E-state index in [4.69, 9.17) is 11.6 Å². The Kier molecular flexibility index (Phi) is 8.14. The first-order valence-electron chi connectivity index (χ1n) is 6.46. The van der Waals surface area contributed by atoms with Gasteiger partial charge in [-0.05, 0) is 24.3 Å². The SMILES string of the molecule is CC(=O)NC(=O)COC(=O)CSCC(=O)Nc1ccc(Cl)cc1. The van der Waals surface area contributed by atoms with Crippen molar-refractivity contribution in [1.29, 1.82) is 0 Å². The van der Waals surface area contributed by atoms with Gasteiger partial charge in [0.05, 0.1) is 11.5 Å². The average molecular weight is 359 g/mol. The third-order valence-corrected chi connectivity index (χ3v) is 3.42. The molecule has 1 aromatic rings.